The third kappa shape index (κ3) is 4.29. The lowest BCUT2D eigenvalue weighted by atomic mass is 9.97. The van der Waals surface area contributed by atoms with Crippen LogP contribution in [0, 0.1) is 17.6 Å². The molecule has 1 unspecified atom stereocenters. The number of aromatic nitrogens is 5. The number of hydrogen-bond donors (Lipinski definition) is 4. The molecule has 0 fully saturated rings. The molecule has 0 saturated carbocycles. The van der Waals surface area contributed by atoms with Crippen LogP contribution in [0.5, 0.6) is 0 Å². The van der Waals surface area contributed by atoms with Crippen LogP contribution in [0.2, 0.25) is 0 Å². The summed E-state index contributed by atoms with van der Waals surface area (Å²) in [4.78, 5) is 23.9. The van der Waals surface area contributed by atoms with E-state index in [1.807, 2.05) is 0 Å². The smallest absolute Gasteiger partial charge is 0.405 e. The quantitative estimate of drug-likeness (QED) is 0.336. The summed E-state index contributed by atoms with van der Waals surface area (Å²) in [6.07, 6.45) is -0.119. The second-order valence-electron chi connectivity index (χ2n) is 8.03. The number of rotatable bonds is 6. The van der Waals surface area contributed by atoms with Crippen LogP contribution >= 0.6 is 0 Å². The van der Waals surface area contributed by atoms with Crippen LogP contribution in [-0.4, -0.2) is 35.9 Å². The van der Waals surface area contributed by atoms with Crippen molar-refractivity contribution in [2.75, 3.05) is 11.5 Å². The standard InChI is InChI=1S/C22H22F2N8O2/c1-10(2)17(28-22(33)34)16-19(25)29-21(30-20(16)26)32-15-8-12(23)9-27-18(15)14(31-32)7-11-5-3-4-6-13(11)24/h3-6,8-10,17,28H,7H2,1-2H3,(H,33,34)(H4,25,26,29,30). The Morgan fingerprint density at radius 2 is 1.85 bits per heavy atom. The Morgan fingerprint density at radius 3 is 2.47 bits per heavy atom. The number of nitrogens with two attached hydrogens (primary N) is 2. The highest BCUT2D eigenvalue weighted by Crippen LogP contribution is 2.31. The fraction of sp³-hybridized carbons (Fsp3) is 0.227. The van der Waals surface area contributed by atoms with Gasteiger partial charge in [-0.05, 0) is 17.5 Å². The number of nitrogens with one attached hydrogen (secondary N) is 1. The molecule has 0 bridgehead atoms. The molecule has 4 aromatic rings. The van der Waals surface area contributed by atoms with Gasteiger partial charge in [-0.15, -0.1) is 0 Å². The first-order valence-electron chi connectivity index (χ1n) is 10.3. The summed E-state index contributed by atoms with van der Waals surface area (Å²) in [6, 6.07) is 6.68. The van der Waals surface area contributed by atoms with Gasteiger partial charge in [0.1, 0.15) is 28.8 Å². The van der Waals surface area contributed by atoms with E-state index in [1.165, 1.54) is 16.8 Å². The van der Waals surface area contributed by atoms with Gasteiger partial charge in [0.2, 0.25) is 0 Å². The Labute approximate surface area is 192 Å². The number of nitrogen functional groups attached to an aromatic ring is 2. The summed E-state index contributed by atoms with van der Waals surface area (Å²) in [5.41, 5.74) is 13.9. The monoisotopic (exact) mass is 468 g/mol. The van der Waals surface area contributed by atoms with Crippen molar-refractivity contribution in [3.63, 3.8) is 0 Å². The summed E-state index contributed by atoms with van der Waals surface area (Å²) >= 11 is 0. The van der Waals surface area contributed by atoms with E-state index in [1.54, 1.807) is 32.0 Å². The van der Waals surface area contributed by atoms with Crippen molar-refractivity contribution in [3.05, 3.63) is 65.0 Å². The van der Waals surface area contributed by atoms with E-state index in [4.69, 9.17) is 11.5 Å². The number of anilines is 2. The molecule has 1 atom stereocenters. The molecule has 3 aromatic heterocycles. The van der Waals surface area contributed by atoms with Gasteiger partial charge in [0.25, 0.3) is 5.95 Å². The minimum atomic E-state index is -1.25. The number of hydrogen-bond acceptors (Lipinski definition) is 7. The van der Waals surface area contributed by atoms with Gasteiger partial charge in [-0.2, -0.15) is 19.7 Å². The molecule has 10 nitrogen and oxygen atoms in total. The van der Waals surface area contributed by atoms with E-state index in [0.29, 0.717) is 16.8 Å². The molecule has 1 aromatic carbocycles. The van der Waals surface area contributed by atoms with Crippen LogP contribution in [0.3, 0.4) is 0 Å². The van der Waals surface area contributed by atoms with E-state index < -0.39 is 23.8 Å². The summed E-state index contributed by atoms with van der Waals surface area (Å²) < 4.78 is 29.5. The number of benzene rings is 1. The van der Waals surface area contributed by atoms with Crippen LogP contribution in [-0.2, 0) is 6.42 Å². The maximum absolute atomic E-state index is 14.2. The lowest BCUT2D eigenvalue weighted by Gasteiger charge is -2.23. The molecular formula is C22H22F2N8O2. The molecule has 12 heteroatoms. The summed E-state index contributed by atoms with van der Waals surface area (Å²) in [5, 5.41) is 16.0. The van der Waals surface area contributed by atoms with Gasteiger partial charge in [0, 0.05) is 12.5 Å². The number of carboxylic acid groups (broad SMARTS) is 1. The van der Waals surface area contributed by atoms with Gasteiger partial charge in [-0.25, -0.2) is 18.6 Å². The van der Waals surface area contributed by atoms with Crippen LogP contribution in [0.15, 0.2) is 36.5 Å². The van der Waals surface area contributed by atoms with Gasteiger partial charge in [0.05, 0.1) is 29.0 Å². The highest BCUT2D eigenvalue weighted by atomic mass is 19.1. The summed E-state index contributed by atoms with van der Waals surface area (Å²) in [5.74, 6) is -1.40. The molecular weight excluding hydrogens is 446 g/mol. The van der Waals surface area contributed by atoms with Gasteiger partial charge in [-0.1, -0.05) is 32.0 Å². The first kappa shape index (κ1) is 22.8. The Balaban J connectivity index is 1.84. The topological polar surface area (TPSA) is 158 Å². The second kappa shape index (κ2) is 8.89. The number of fused-ring (bicyclic) bond motifs is 1. The predicted molar refractivity (Wildman–Crippen MR) is 121 cm³/mol. The van der Waals surface area contributed by atoms with Gasteiger partial charge in [-0.3, -0.25) is 0 Å². The lowest BCUT2D eigenvalue weighted by Crippen LogP contribution is -2.32. The van der Waals surface area contributed by atoms with Gasteiger partial charge < -0.3 is 21.9 Å². The third-order valence-corrected chi connectivity index (χ3v) is 5.31. The fourth-order valence-corrected chi connectivity index (χ4v) is 3.74. The van der Waals surface area contributed by atoms with E-state index in [2.05, 4.69) is 25.4 Å². The minimum Gasteiger partial charge on any atom is -0.465 e. The van der Waals surface area contributed by atoms with Crippen LogP contribution in [0.1, 0.15) is 36.7 Å². The molecule has 0 aliphatic carbocycles. The largest absolute Gasteiger partial charge is 0.465 e. The zero-order chi connectivity index (χ0) is 24.6. The zero-order valence-electron chi connectivity index (χ0n) is 18.3. The number of amides is 1. The van der Waals surface area contributed by atoms with Gasteiger partial charge in [0.15, 0.2) is 0 Å². The SMILES string of the molecule is CC(C)C(NC(=O)O)c1c(N)nc(-n2nc(Cc3ccccc3F)c3ncc(F)cc32)nc1N. The molecule has 0 radical (unpaired) electrons. The molecule has 1 amide bonds. The maximum Gasteiger partial charge on any atom is 0.405 e. The van der Waals surface area contributed by atoms with Crippen molar-refractivity contribution in [1.82, 2.24) is 30.0 Å². The van der Waals surface area contributed by atoms with Gasteiger partial charge >= 0.3 is 6.09 Å². The lowest BCUT2D eigenvalue weighted by molar-refractivity contribution is 0.186. The zero-order valence-corrected chi connectivity index (χ0v) is 18.3. The number of pyridine rings is 1. The molecule has 34 heavy (non-hydrogen) atoms. The molecule has 0 saturated heterocycles. The molecule has 4 rings (SSSR count). The number of halogens is 2. The average Bonchev–Trinajstić information content (AvgIpc) is 3.11. The van der Waals surface area contributed by atoms with Crippen molar-refractivity contribution < 1.29 is 18.7 Å². The Morgan fingerprint density at radius 1 is 1.18 bits per heavy atom. The molecule has 6 N–H and O–H groups in total. The highest BCUT2D eigenvalue weighted by Gasteiger charge is 2.26. The molecule has 0 aliphatic heterocycles. The summed E-state index contributed by atoms with van der Waals surface area (Å²) in [7, 11) is 0. The fourth-order valence-electron chi connectivity index (χ4n) is 3.74. The van der Waals surface area contributed by atoms with E-state index in [-0.39, 0.29) is 41.0 Å². The van der Waals surface area contributed by atoms with Crippen molar-refractivity contribution in [2.24, 2.45) is 5.92 Å². The Hall–Kier alpha value is -4.35. The van der Waals surface area contributed by atoms with Crippen molar-refractivity contribution in [2.45, 2.75) is 26.3 Å². The van der Waals surface area contributed by atoms with E-state index in [9.17, 15) is 18.7 Å². The second-order valence-corrected chi connectivity index (χ2v) is 8.03. The van der Waals surface area contributed by atoms with Crippen molar-refractivity contribution >= 4 is 28.8 Å². The maximum atomic E-state index is 14.2. The molecule has 0 spiro atoms. The average molecular weight is 468 g/mol. The van der Waals surface area contributed by atoms with E-state index in [0.717, 1.165) is 6.20 Å². The molecule has 3 heterocycles. The Kier molecular flexibility index (Phi) is 5.97. The molecule has 176 valence electrons. The molecule has 0 aliphatic rings. The number of nitrogens with zero attached hydrogens (tertiary/aromatic N) is 5. The highest BCUT2D eigenvalue weighted by molar-refractivity contribution is 5.79. The Bertz CT molecular complexity index is 1370. The third-order valence-electron chi connectivity index (χ3n) is 5.31. The predicted octanol–water partition coefficient (Wildman–Crippen LogP) is 3.21. The van der Waals surface area contributed by atoms with Crippen molar-refractivity contribution in [1.29, 1.82) is 0 Å². The van der Waals surface area contributed by atoms with E-state index >= 15 is 0 Å². The van der Waals surface area contributed by atoms with Crippen LogP contribution in [0.25, 0.3) is 17.0 Å². The minimum absolute atomic E-state index is 0.0568. The normalized spacial score (nSPS) is 12.3. The van der Waals surface area contributed by atoms with Crippen molar-refractivity contribution in [3.8, 4) is 5.95 Å². The number of carbonyl (C=O) groups is 1. The first-order chi connectivity index (χ1) is 16.2. The van der Waals surface area contributed by atoms with Crippen LogP contribution < -0.4 is 16.8 Å². The van der Waals surface area contributed by atoms with Crippen LogP contribution in [0.4, 0.5) is 25.2 Å². The first-order valence-corrected chi connectivity index (χ1v) is 10.3. The summed E-state index contributed by atoms with van der Waals surface area (Å²) in [6.45, 7) is 3.58.